The van der Waals surface area contributed by atoms with Crippen LogP contribution in [-0.4, -0.2) is 22.3 Å². The third-order valence-corrected chi connectivity index (χ3v) is 2.24. The predicted octanol–water partition coefficient (Wildman–Crippen LogP) is 0.140. The Morgan fingerprint density at radius 2 is 2.00 bits per heavy atom. The number of benzene rings is 1. The summed E-state index contributed by atoms with van der Waals surface area (Å²) in [4.78, 5) is 10.9. The number of cyclic esters (lactones) is 1. The minimum atomic E-state index is -1.67. The number of carbonyl (C=O) groups is 1. The van der Waals surface area contributed by atoms with Crippen molar-refractivity contribution < 1.29 is 19.7 Å². The summed E-state index contributed by atoms with van der Waals surface area (Å²) in [5.41, 5.74) is 0.477. The van der Waals surface area contributed by atoms with Crippen molar-refractivity contribution in [2.24, 2.45) is 0 Å². The van der Waals surface area contributed by atoms with Crippen LogP contribution < -0.4 is 0 Å². The van der Waals surface area contributed by atoms with E-state index in [0.29, 0.717) is 5.56 Å². The Morgan fingerprint density at radius 1 is 1.36 bits per heavy atom. The lowest BCUT2D eigenvalue weighted by molar-refractivity contribution is -0.193. The van der Waals surface area contributed by atoms with Gasteiger partial charge in [0.25, 0.3) is 0 Å². The number of aliphatic hydroxyl groups is 2. The van der Waals surface area contributed by atoms with Crippen LogP contribution in [0.25, 0.3) is 0 Å². The smallest absolute Gasteiger partial charge is 0.338 e. The van der Waals surface area contributed by atoms with Crippen molar-refractivity contribution in [2.45, 2.75) is 18.3 Å². The molecule has 2 N–H and O–H groups in total. The zero-order valence-electron chi connectivity index (χ0n) is 7.38. The molecule has 1 aromatic carbocycles. The van der Waals surface area contributed by atoms with Gasteiger partial charge in [0, 0.05) is 5.56 Å². The van der Waals surface area contributed by atoms with E-state index < -0.39 is 17.9 Å². The molecule has 0 radical (unpaired) electrons. The van der Waals surface area contributed by atoms with Gasteiger partial charge in [0.15, 0.2) is 6.10 Å². The number of rotatable bonds is 1. The van der Waals surface area contributed by atoms with Gasteiger partial charge in [-0.2, -0.15) is 0 Å². The van der Waals surface area contributed by atoms with Crippen LogP contribution in [0.3, 0.4) is 0 Å². The van der Waals surface area contributed by atoms with Gasteiger partial charge in [0.1, 0.15) is 0 Å². The molecule has 1 fully saturated rings. The van der Waals surface area contributed by atoms with Gasteiger partial charge in [0.05, 0.1) is 6.42 Å². The maximum Gasteiger partial charge on any atom is 0.338 e. The van der Waals surface area contributed by atoms with Crippen molar-refractivity contribution in [2.75, 3.05) is 0 Å². The summed E-state index contributed by atoms with van der Waals surface area (Å²) in [6, 6.07) is 8.54. The summed E-state index contributed by atoms with van der Waals surface area (Å²) in [6.45, 7) is 0. The SMILES string of the molecule is O=C1OC(O)(c2ccccc2)C[C@@H]1O. The van der Waals surface area contributed by atoms with E-state index in [2.05, 4.69) is 0 Å². The van der Waals surface area contributed by atoms with Crippen molar-refractivity contribution in [3.8, 4) is 0 Å². The second kappa shape index (κ2) is 3.08. The molecule has 0 aromatic heterocycles. The first-order valence-corrected chi connectivity index (χ1v) is 4.31. The number of ether oxygens (including phenoxy) is 1. The van der Waals surface area contributed by atoms with Crippen LogP contribution in [0.1, 0.15) is 12.0 Å². The quantitative estimate of drug-likeness (QED) is 0.624. The summed E-state index contributed by atoms with van der Waals surface area (Å²) in [6.07, 6.45) is -1.35. The molecule has 2 atom stereocenters. The van der Waals surface area contributed by atoms with Gasteiger partial charge in [-0.1, -0.05) is 30.3 Å². The highest BCUT2D eigenvalue weighted by Gasteiger charge is 2.46. The summed E-state index contributed by atoms with van der Waals surface area (Å²) >= 11 is 0. The third-order valence-electron chi connectivity index (χ3n) is 2.24. The molecule has 2 rings (SSSR count). The van der Waals surface area contributed by atoms with Gasteiger partial charge in [-0.25, -0.2) is 4.79 Å². The topological polar surface area (TPSA) is 66.8 Å². The van der Waals surface area contributed by atoms with Crippen molar-refractivity contribution in [1.29, 1.82) is 0 Å². The fourth-order valence-electron chi connectivity index (χ4n) is 1.50. The molecule has 0 saturated carbocycles. The lowest BCUT2D eigenvalue weighted by Crippen LogP contribution is -2.24. The number of hydrogen-bond acceptors (Lipinski definition) is 4. The summed E-state index contributed by atoms with van der Waals surface area (Å²) in [5.74, 6) is -2.45. The monoisotopic (exact) mass is 194 g/mol. The summed E-state index contributed by atoms with van der Waals surface area (Å²) in [7, 11) is 0. The van der Waals surface area contributed by atoms with Crippen LogP contribution in [0.4, 0.5) is 0 Å². The van der Waals surface area contributed by atoms with Crippen molar-refractivity contribution in [3.05, 3.63) is 35.9 Å². The minimum absolute atomic E-state index is 0.115. The summed E-state index contributed by atoms with van der Waals surface area (Å²) in [5, 5.41) is 19.1. The van der Waals surface area contributed by atoms with E-state index in [1.54, 1.807) is 30.3 Å². The highest BCUT2D eigenvalue weighted by atomic mass is 16.7. The zero-order chi connectivity index (χ0) is 10.2. The first-order valence-electron chi connectivity index (χ1n) is 4.31. The second-order valence-electron chi connectivity index (χ2n) is 3.29. The van der Waals surface area contributed by atoms with Crippen LogP contribution in [0.15, 0.2) is 30.3 Å². The molecule has 1 unspecified atom stereocenters. The Labute approximate surface area is 80.7 Å². The van der Waals surface area contributed by atoms with Gasteiger partial charge < -0.3 is 14.9 Å². The maximum atomic E-state index is 10.9. The molecule has 0 amide bonds. The predicted molar refractivity (Wildman–Crippen MR) is 47.1 cm³/mol. The Balaban J connectivity index is 2.31. The Bertz CT molecular complexity index is 348. The Morgan fingerprint density at radius 3 is 2.50 bits per heavy atom. The molecule has 74 valence electrons. The van der Waals surface area contributed by atoms with Gasteiger partial charge in [-0.15, -0.1) is 0 Å². The number of hydrogen-bond donors (Lipinski definition) is 2. The number of aliphatic hydroxyl groups excluding tert-OH is 1. The molecular formula is C10H10O4. The largest absolute Gasteiger partial charge is 0.427 e. The highest BCUT2D eigenvalue weighted by Crippen LogP contribution is 2.33. The van der Waals surface area contributed by atoms with Gasteiger partial charge in [0.2, 0.25) is 5.79 Å². The van der Waals surface area contributed by atoms with Crippen LogP contribution >= 0.6 is 0 Å². The fourth-order valence-corrected chi connectivity index (χ4v) is 1.50. The van der Waals surface area contributed by atoms with Crippen molar-refractivity contribution >= 4 is 5.97 Å². The lowest BCUT2D eigenvalue weighted by Gasteiger charge is -2.20. The van der Waals surface area contributed by atoms with E-state index in [0.717, 1.165) is 0 Å². The molecule has 1 aliphatic rings. The lowest BCUT2D eigenvalue weighted by atomic mass is 10.0. The van der Waals surface area contributed by atoms with Crippen LogP contribution in [-0.2, 0) is 15.3 Å². The van der Waals surface area contributed by atoms with Crippen molar-refractivity contribution in [3.63, 3.8) is 0 Å². The number of esters is 1. The molecule has 1 saturated heterocycles. The van der Waals surface area contributed by atoms with Gasteiger partial charge >= 0.3 is 5.97 Å². The summed E-state index contributed by atoms with van der Waals surface area (Å²) < 4.78 is 4.71. The maximum absolute atomic E-state index is 10.9. The first kappa shape index (κ1) is 9.18. The average molecular weight is 194 g/mol. The Kier molecular flexibility index (Phi) is 2.02. The van der Waals surface area contributed by atoms with E-state index in [-0.39, 0.29) is 6.42 Å². The van der Waals surface area contributed by atoms with Crippen molar-refractivity contribution in [1.82, 2.24) is 0 Å². The van der Waals surface area contributed by atoms with Crippen LogP contribution in [0.2, 0.25) is 0 Å². The van der Waals surface area contributed by atoms with Crippen LogP contribution in [0, 0.1) is 0 Å². The molecular weight excluding hydrogens is 184 g/mol. The molecule has 4 nitrogen and oxygen atoms in total. The Hall–Kier alpha value is -1.39. The molecule has 14 heavy (non-hydrogen) atoms. The molecule has 1 aliphatic heterocycles. The van der Waals surface area contributed by atoms with E-state index in [1.807, 2.05) is 0 Å². The highest BCUT2D eigenvalue weighted by molar-refractivity contribution is 5.77. The third kappa shape index (κ3) is 1.38. The molecule has 0 bridgehead atoms. The van der Waals surface area contributed by atoms with E-state index in [1.165, 1.54) is 0 Å². The second-order valence-corrected chi connectivity index (χ2v) is 3.29. The normalized spacial score (nSPS) is 31.6. The minimum Gasteiger partial charge on any atom is -0.427 e. The van der Waals surface area contributed by atoms with E-state index in [9.17, 15) is 9.90 Å². The standard InChI is InChI=1S/C10H10O4/c11-8-6-10(13,14-9(8)12)7-4-2-1-3-5-7/h1-5,8,11,13H,6H2/t8-,10?/m0/s1. The zero-order valence-corrected chi connectivity index (χ0v) is 7.38. The average Bonchev–Trinajstić information content (AvgIpc) is 2.44. The molecule has 1 heterocycles. The molecule has 0 spiro atoms. The molecule has 1 aromatic rings. The van der Waals surface area contributed by atoms with E-state index in [4.69, 9.17) is 9.84 Å². The van der Waals surface area contributed by atoms with Gasteiger partial charge in [-0.05, 0) is 0 Å². The van der Waals surface area contributed by atoms with Crippen LogP contribution in [0.5, 0.6) is 0 Å². The number of carbonyl (C=O) groups excluding carboxylic acids is 1. The fraction of sp³-hybridized carbons (Fsp3) is 0.300. The van der Waals surface area contributed by atoms with E-state index >= 15 is 0 Å². The van der Waals surface area contributed by atoms with Gasteiger partial charge in [-0.3, -0.25) is 0 Å². The molecule has 0 aliphatic carbocycles. The first-order chi connectivity index (χ1) is 6.62. The molecule has 4 heteroatoms.